The molecular weight excluding hydrogens is 368 g/mol. The Hall–Kier alpha value is -2.27. The number of hydroxylamine groups is 1. The van der Waals surface area contributed by atoms with Crippen LogP contribution >= 0.6 is 12.1 Å². The molecule has 2 aromatic rings. The number of rotatable bonds is 6. The highest BCUT2D eigenvalue weighted by molar-refractivity contribution is 7.94. The van der Waals surface area contributed by atoms with Gasteiger partial charge >= 0.3 is 5.97 Å². The molecule has 3 rings (SSSR count). The lowest BCUT2D eigenvalue weighted by Gasteiger charge is -2.31. The fraction of sp³-hybridized carbons (Fsp3) is 0.412. The van der Waals surface area contributed by atoms with E-state index in [2.05, 4.69) is 29.3 Å². The predicted molar refractivity (Wildman–Crippen MR) is 101 cm³/mol. The molecule has 1 aliphatic rings. The Morgan fingerprint density at radius 2 is 2.19 bits per heavy atom. The summed E-state index contributed by atoms with van der Waals surface area (Å²) in [5.74, 6) is 0.803. The first kappa shape index (κ1) is 19.5. The summed E-state index contributed by atoms with van der Waals surface area (Å²) in [5.41, 5.74) is 2.32. The van der Waals surface area contributed by atoms with E-state index in [9.17, 15) is 10.0 Å². The highest BCUT2D eigenvalue weighted by Gasteiger charge is 2.24. The van der Waals surface area contributed by atoms with E-state index in [1.165, 1.54) is 36.2 Å². The summed E-state index contributed by atoms with van der Waals surface area (Å²) >= 11 is 1.29. The van der Waals surface area contributed by atoms with Gasteiger partial charge in [0.25, 0.3) is 0 Å². The molecule has 9 nitrogen and oxygen atoms in total. The number of methoxy groups -OCH3 is 1. The van der Waals surface area contributed by atoms with E-state index < -0.39 is 5.97 Å². The Labute approximate surface area is 162 Å². The van der Waals surface area contributed by atoms with E-state index in [1.807, 2.05) is 13.8 Å². The third-order valence-corrected chi connectivity index (χ3v) is 5.17. The molecule has 0 saturated heterocycles. The van der Waals surface area contributed by atoms with Crippen LogP contribution in [0.25, 0.3) is 0 Å². The van der Waals surface area contributed by atoms with Crippen molar-refractivity contribution in [3.8, 4) is 0 Å². The summed E-state index contributed by atoms with van der Waals surface area (Å²) in [5, 5.41) is 13.2. The summed E-state index contributed by atoms with van der Waals surface area (Å²) < 4.78 is 7.97. The molecule has 27 heavy (non-hydrogen) atoms. The zero-order valence-electron chi connectivity index (χ0n) is 15.4. The van der Waals surface area contributed by atoms with Gasteiger partial charge in [0.2, 0.25) is 0 Å². The number of aromatic nitrogens is 3. The van der Waals surface area contributed by atoms with Gasteiger partial charge < -0.3 is 15.3 Å². The predicted octanol–water partition coefficient (Wildman–Crippen LogP) is 2.42. The van der Waals surface area contributed by atoms with Gasteiger partial charge in [-0.3, -0.25) is 0 Å². The first-order valence-corrected chi connectivity index (χ1v) is 9.26. The molecule has 0 atom stereocenters. The molecule has 144 valence electrons. The van der Waals surface area contributed by atoms with E-state index in [0.29, 0.717) is 23.7 Å². The minimum atomic E-state index is -0.431. The summed E-state index contributed by atoms with van der Waals surface area (Å²) in [6.07, 6.45) is 3.75. The van der Waals surface area contributed by atoms with Crippen LogP contribution in [0.1, 0.15) is 35.5 Å². The number of anilines is 2. The van der Waals surface area contributed by atoms with Crippen LogP contribution < -0.4 is 5.32 Å². The molecule has 0 radical (unpaired) electrons. The number of hydrogen-bond acceptors (Lipinski definition) is 10. The van der Waals surface area contributed by atoms with Gasteiger partial charge in [0, 0.05) is 49.4 Å². The second-order valence-electron chi connectivity index (χ2n) is 6.29. The van der Waals surface area contributed by atoms with Crippen LogP contribution in [0.5, 0.6) is 0 Å². The van der Waals surface area contributed by atoms with Crippen LogP contribution in [-0.2, 0) is 17.7 Å². The van der Waals surface area contributed by atoms with E-state index in [-0.39, 0.29) is 6.04 Å². The first-order chi connectivity index (χ1) is 13.0. The lowest BCUT2D eigenvalue weighted by atomic mass is 10.1. The lowest BCUT2D eigenvalue weighted by molar-refractivity contribution is -0.0156. The standard InChI is InChI=1S/C17H22N6O3S/c1-11(2)23(25)27-22-7-6-14-13(9-22)16(20-10-19-14)21-15-5-4-12(8-18-15)17(24)26-3/h4-5,8,10-11,25H,6-7,9H2,1-3H3,(H,18,19,20,21). The molecule has 2 aromatic heterocycles. The Morgan fingerprint density at radius 1 is 1.37 bits per heavy atom. The van der Waals surface area contributed by atoms with Crippen LogP contribution in [-0.4, -0.2) is 54.6 Å². The van der Waals surface area contributed by atoms with Gasteiger partial charge in [0.15, 0.2) is 0 Å². The maximum atomic E-state index is 11.5. The topological polar surface area (TPSA) is 104 Å². The van der Waals surface area contributed by atoms with Gasteiger partial charge in [0.1, 0.15) is 18.0 Å². The number of carbonyl (C=O) groups excluding carboxylic acids is 1. The smallest absolute Gasteiger partial charge is 0.339 e. The number of nitrogens with one attached hydrogen (secondary N) is 1. The van der Waals surface area contributed by atoms with E-state index in [1.54, 1.807) is 12.1 Å². The van der Waals surface area contributed by atoms with Crippen molar-refractivity contribution in [1.82, 2.24) is 23.7 Å². The van der Waals surface area contributed by atoms with E-state index in [0.717, 1.165) is 24.2 Å². The number of nitrogens with zero attached hydrogens (tertiary/aromatic N) is 5. The largest absolute Gasteiger partial charge is 0.465 e. The molecule has 0 amide bonds. The van der Waals surface area contributed by atoms with Gasteiger partial charge in [-0.15, -0.1) is 4.47 Å². The molecule has 0 aromatic carbocycles. The number of ether oxygens (including phenoxy) is 1. The van der Waals surface area contributed by atoms with Gasteiger partial charge in [-0.1, -0.05) is 0 Å². The zero-order valence-corrected chi connectivity index (χ0v) is 16.2. The molecule has 2 N–H and O–H groups in total. The van der Waals surface area contributed by atoms with Crippen LogP contribution in [0, 0.1) is 0 Å². The second kappa shape index (κ2) is 8.61. The maximum absolute atomic E-state index is 11.5. The van der Waals surface area contributed by atoms with Gasteiger partial charge in [-0.05, 0) is 26.0 Å². The van der Waals surface area contributed by atoms with Crippen molar-refractivity contribution in [1.29, 1.82) is 0 Å². The fourth-order valence-corrected chi connectivity index (χ4v) is 3.32. The monoisotopic (exact) mass is 390 g/mol. The molecule has 0 fully saturated rings. The number of esters is 1. The summed E-state index contributed by atoms with van der Waals surface area (Å²) in [6, 6.07) is 3.35. The second-order valence-corrected chi connectivity index (χ2v) is 7.34. The molecule has 0 saturated carbocycles. The minimum Gasteiger partial charge on any atom is -0.465 e. The van der Waals surface area contributed by atoms with Crippen molar-refractivity contribution < 1.29 is 14.7 Å². The first-order valence-electron chi connectivity index (χ1n) is 8.53. The van der Waals surface area contributed by atoms with Crippen LogP contribution in [0.15, 0.2) is 24.7 Å². The van der Waals surface area contributed by atoms with Crippen LogP contribution in [0.2, 0.25) is 0 Å². The average molecular weight is 390 g/mol. The molecule has 0 unspecified atom stereocenters. The third kappa shape index (κ3) is 4.72. The molecule has 10 heteroatoms. The van der Waals surface area contributed by atoms with Gasteiger partial charge in [-0.25, -0.2) is 24.1 Å². The number of pyridine rings is 1. The molecule has 0 aliphatic carbocycles. The highest BCUT2D eigenvalue weighted by Crippen LogP contribution is 2.29. The maximum Gasteiger partial charge on any atom is 0.339 e. The summed E-state index contributed by atoms with van der Waals surface area (Å²) in [7, 11) is 1.33. The normalized spacial score (nSPS) is 14.3. The summed E-state index contributed by atoms with van der Waals surface area (Å²) in [4.78, 5) is 24.5. The number of carbonyl (C=O) groups is 1. The number of fused-ring (bicyclic) bond motifs is 1. The highest BCUT2D eigenvalue weighted by atomic mass is 32.2. The van der Waals surface area contributed by atoms with Crippen molar-refractivity contribution in [2.75, 3.05) is 19.0 Å². The molecule has 1 aliphatic heterocycles. The average Bonchev–Trinajstić information content (AvgIpc) is 2.68. The zero-order chi connectivity index (χ0) is 19.4. The minimum absolute atomic E-state index is 0.0125. The Morgan fingerprint density at radius 3 is 2.85 bits per heavy atom. The lowest BCUT2D eigenvalue weighted by Crippen LogP contribution is -2.32. The summed E-state index contributed by atoms with van der Waals surface area (Å²) in [6.45, 7) is 5.21. The molecule has 3 heterocycles. The van der Waals surface area contributed by atoms with Crippen molar-refractivity contribution in [2.24, 2.45) is 0 Å². The van der Waals surface area contributed by atoms with Gasteiger partial charge in [-0.2, -0.15) is 0 Å². The van der Waals surface area contributed by atoms with Crippen LogP contribution in [0.4, 0.5) is 11.6 Å². The van der Waals surface area contributed by atoms with Crippen molar-refractivity contribution in [3.63, 3.8) is 0 Å². The molecular formula is C17H22N6O3S. The Balaban J connectivity index is 1.75. The van der Waals surface area contributed by atoms with Crippen LogP contribution in [0.3, 0.4) is 0 Å². The molecule has 0 spiro atoms. The van der Waals surface area contributed by atoms with E-state index >= 15 is 0 Å². The van der Waals surface area contributed by atoms with E-state index in [4.69, 9.17) is 0 Å². The third-order valence-electron chi connectivity index (χ3n) is 4.04. The Kier molecular flexibility index (Phi) is 6.22. The SMILES string of the molecule is COC(=O)c1ccc(Nc2ncnc3c2CN(SN(O)C(C)C)CC3)nc1. The molecule has 0 bridgehead atoms. The van der Waals surface area contributed by atoms with Crippen molar-refractivity contribution >= 4 is 29.7 Å². The quantitative estimate of drug-likeness (QED) is 0.434. The van der Waals surface area contributed by atoms with Gasteiger partial charge in [0.05, 0.1) is 18.4 Å². The van der Waals surface area contributed by atoms with Crippen molar-refractivity contribution in [3.05, 3.63) is 41.5 Å². The number of hydrogen-bond donors (Lipinski definition) is 2. The Bertz CT molecular complexity index is 802. The van der Waals surface area contributed by atoms with Crippen molar-refractivity contribution in [2.45, 2.75) is 32.9 Å². The fourth-order valence-electron chi connectivity index (χ4n) is 2.53.